The Balaban J connectivity index is 0.00000200. The standard InChI is InChI=1S/C15H21ClN2O.ClH/c1-11(10-17-2)15(19)18-9-5-8-14(18)12-6-3-4-7-13(12)16;/h3-4,6-7,11,14,17H,5,8-10H2,1-2H3;1H. The van der Waals surface area contributed by atoms with Gasteiger partial charge in [-0.3, -0.25) is 4.79 Å². The van der Waals surface area contributed by atoms with Crippen molar-refractivity contribution in [2.45, 2.75) is 25.8 Å². The largest absolute Gasteiger partial charge is 0.335 e. The summed E-state index contributed by atoms with van der Waals surface area (Å²) in [6.45, 7) is 3.52. The second kappa shape index (κ2) is 7.87. The van der Waals surface area contributed by atoms with E-state index in [1.165, 1.54) is 0 Å². The van der Waals surface area contributed by atoms with Crippen molar-refractivity contribution in [3.63, 3.8) is 0 Å². The fraction of sp³-hybridized carbons (Fsp3) is 0.533. The maximum Gasteiger partial charge on any atom is 0.227 e. The molecule has 1 heterocycles. The summed E-state index contributed by atoms with van der Waals surface area (Å²) in [6.07, 6.45) is 2.05. The zero-order valence-corrected chi connectivity index (χ0v) is 13.5. The predicted octanol–water partition coefficient (Wildman–Crippen LogP) is 3.28. The number of rotatable bonds is 4. The molecule has 0 bridgehead atoms. The fourth-order valence-corrected chi connectivity index (χ4v) is 3.04. The number of nitrogens with zero attached hydrogens (tertiary/aromatic N) is 1. The highest BCUT2D eigenvalue weighted by Crippen LogP contribution is 2.36. The van der Waals surface area contributed by atoms with Crippen LogP contribution in [0.5, 0.6) is 0 Å². The molecule has 1 saturated heterocycles. The van der Waals surface area contributed by atoms with Crippen LogP contribution < -0.4 is 5.32 Å². The minimum atomic E-state index is 0. The van der Waals surface area contributed by atoms with Crippen LogP contribution in [0.15, 0.2) is 24.3 Å². The summed E-state index contributed by atoms with van der Waals surface area (Å²) < 4.78 is 0. The Morgan fingerprint density at radius 2 is 2.20 bits per heavy atom. The number of carbonyl (C=O) groups is 1. The molecule has 1 fully saturated rings. The molecule has 20 heavy (non-hydrogen) atoms. The average Bonchev–Trinajstić information content (AvgIpc) is 2.87. The minimum Gasteiger partial charge on any atom is -0.335 e. The van der Waals surface area contributed by atoms with Gasteiger partial charge in [0.1, 0.15) is 0 Å². The lowest BCUT2D eigenvalue weighted by molar-refractivity contribution is -0.135. The first-order valence-corrected chi connectivity index (χ1v) is 7.22. The molecule has 0 saturated carbocycles. The number of carbonyl (C=O) groups excluding carboxylic acids is 1. The Bertz CT molecular complexity index is 453. The molecule has 112 valence electrons. The molecular weight excluding hydrogens is 295 g/mol. The molecule has 0 aromatic heterocycles. The Morgan fingerprint density at radius 3 is 2.85 bits per heavy atom. The predicted molar refractivity (Wildman–Crippen MR) is 85.5 cm³/mol. The van der Waals surface area contributed by atoms with E-state index < -0.39 is 0 Å². The van der Waals surface area contributed by atoms with Gasteiger partial charge in [0, 0.05) is 24.0 Å². The molecule has 1 aromatic carbocycles. The number of benzene rings is 1. The van der Waals surface area contributed by atoms with Crippen molar-refractivity contribution in [2.75, 3.05) is 20.1 Å². The van der Waals surface area contributed by atoms with Crippen molar-refractivity contribution >= 4 is 29.9 Å². The molecule has 1 N–H and O–H groups in total. The van der Waals surface area contributed by atoms with Gasteiger partial charge in [0.05, 0.1) is 6.04 Å². The molecule has 2 atom stereocenters. The first-order chi connectivity index (χ1) is 9.15. The Morgan fingerprint density at radius 1 is 1.50 bits per heavy atom. The molecule has 0 radical (unpaired) electrons. The normalized spacial score (nSPS) is 19.6. The molecule has 3 nitrogen and oxygen atoms in total. The third-order valence-electron chi connectivity index (χ3n) is 3.73. The van der Waals surface area contributed by atoms with Gasteiger partial charge in [-0.05, 0) is 31.5 Å². The summed E-state index contributed by atoms with van der Waals surface area (Å²) in [5, 5.41) is 3.82. The van der Waals surface area contributed by atoms with E-state index in [4.69, 9.17) is 11.6 Å². The van der Waals surface area contributed by atoms with E-state index in [9.17, 15) is 4.79 Å². The Kier molecular flexibility index (Phi) is 6.80. The highest BCUT2D eigenvalue weighted by atomic mass is 35.5. The van der Waals surface area contributed by atoms with Gasteiger partial charge in [-0.25, -0.2) is 0 Å². The van der Waals surface area contributed by atoms with Crippen LogP contribution >= 0.6 is 24.0 Å². The lowest BCUT2D eigenvalue weighted by atomic mass is 10.0. The van der Waals surface area contributed by atoms with Crippen LogP contribution in [0.3, 0.4) is 0 Å². The minimum absolute atomic E-state index is 0. The average molecular weight is 317 g/mol. The maximum absolute atomic E-state index is 12.5. The third-order valence-corrected chi connectivity index (χ3v) is 4.08. The van der Waals surface area contributed by atoms with E-state index in [-0.39, 0.29) is 30.3 Å². The number of nitrogens with one attached hydrogen (secondary N) is 1. The monoisotopic (exact) mass is 316 g/mol. The van der Waals surface area contributed by atoms with Crippen LogP contribution in [0, 0.1) is 5.92 Å². The summed E-state index contributed by atoms with van der Waals surface area (Å²) in [5.74, 6) is 0.227. The second-order valence-electron chi connectivity index (χ2n) is 5.17. The zero-order chi connectivity index (χ0) is 13.8. The summed E-state index contributed by atoms with van der Waals surface area (Å²) >= 11 is 6.26. The van der Waals surface area contributed by atoms with Gasteiger partial charge in [-0.2, -0.15) is 0 Å². The van der Waals surface area contributed by atoms with Gasteiger partial charge < -0.3 is 10.2 Å². The fourth-order valence-electron chi connectivity index (χ4n) is 2.78. The van der Waals surface area contributed by atoms with Crippen molar-refractivity contribution < 1.29 is 4.79 Å². The molecule has 0 aliphatic carbocycles. The number of halogens is 2. The molecule has 2 unspecified atom stereocenters. The van der Waals surface area contributed by atoms with E-state index >= 15 is 0 Å². The maximum atomic E-state index is 12.5. The second-order valence-corrected chi connectivity index (χ2v) is 5.58. The summed E-state index contributed by atoms with van der Waals surface area (Å²) in [7, 11) is 1.87. The number of likely N-dealkylation sites (tertiary alicyclic amines) is 1. The third kappa shape index (κ3) is 3.66. The topological polar surface area (TPSA) is 32.3 Å². The molecule has 1 amide bonds. The van der Waals surface area contributed by atoms with E-state index in [1.807, 2.05) is 43.1 Å². The number of hydrogen-bond donors (Lipinski definition) is 1. The van der Waals surface area contributed by atoms with Crippen molar-refractivity contribution in [3.05, 3.63) is 34.9 Å². The summed E-state index contributed by atoms with van der Waals surface area (Å²) in [5.41, 5.74) is 1.08. The van der Waals surface area contributed by atoms with Crippen molar-refractivity contribution in [1.82, 2.24) is 10.2 Å². The molecule has 1 aromatic rings. The van der Waals surface area contributed by atoms with Gasteiger partial charge >= 0.3 is 0 Å². The lowest BCUT2D eigenvalue weighted by Crippen LogP contribution is -2.38. The number of amides is 1. The molecule has 1 aliphatic heterocycles. The highest BCUT2D eigenvalue weighted by Gasteiger charge is 2.32. The summed E-state index contributed by atoms with van der Waals surface area (Å²) in [4.78, 5) is 14.5. The van der Waals surface area contributed by atoms with Crippen LogP contribution in [0.4, 0.5) is 0 Å². The molecular formula is C15H22Cl2N2O. The van der Waals surface area contributed by atoms with E-state index in [1.54, 1.807) is 0 Å². The van der Waals surface area contributed by atoms with E-state index in [2.05, 4.69) is 5.32 Å². The number of hydrogen-bond acceptors (Lipinski definition) is 2. The van der Waals surface area contributed by atoms with Gasteiger partial charge in [-0.1, -0.05) is 36.7 Å². The smallest absolute Gasteiger partial charge is 0.227 e. The van der Waals surface area contributed by atoms with Gasteiger partial charge in [0.15, 0.2) is 0 Å². The molecule has 5 heteroatoms. The van der Waals surface area contributed by atoms with Crippen LogP contribution in [0.1, 0.15) is 31.4 Å². The van der Waals surface area contributed by atoms with Crippen LogP contribution in [0.2, 0.25) is 5.02 Å². The Hall–Kier alpha value is -0.770. The van der Waals surface area contributed by atoms with E-state index in [0.717, 1.165) is 30.0 Å². The SMILES string of the molecule is CNCC(C)C(=O)N1CCCC1c1ccccc1Cl.Cl. The van der Waals surface area contributed by atoms with Crippen LogP contribution in [-0.4, -0.2) is 30.9 Å². The van der Waals surface area contributed by atoms with Crippen molar-refractivity contribution in [1.29, 1.82) is 0 Å². The van der Waals surface area contributed by atoms with Gasteiger partial charge in [0.25, 0.3) is 0 Å². The van der Waals surface area contributed by atoms with Crippen molar-refractivity contribution in [3.8, 4) is 0 Å². The molecule has 2 rings (SSSR count). The zero-order valence-electron chi connectivity index (χ0n) is 11.9. The van der Waals surface area contributed by atoms with Crippen LogP contribution in [0.25, 0.3) is 0 Å². The lowest BCUT2D eigenvalue weighted by Gasteiger charge is -2.28. The molecule has 1 aliphatic rings. The van der Waals surface area contributed by atoms with Crippen LogP contribution in [-0.2, 0) is 4.79 Å². The summed E-state index contributed by atoms with van der Waals surface area (Å²) in [6, 6.07) is 7.98. The van der Waals surface area contributed by atoms with Gasteiger partial charge in [0.2, 0.25) is 5.91 Å². The highest BCUT2D eigenvalue weighted by molar-refractivity contribution is 6.31. The van der Waals surface area contributed by atoms with E-state index in [0.29, 0.717) is 6.54 Å². The Labute approximate surface area is 132 Å². The first kappa shape index (κ1) is 17.3. The van der Waals surface area contributed by atoms with Gasteiger partial charge in [-0.15, -0.1) is 12.4 Å². The first-order valence-electron chi connectivity index (χ1n) is 6.84. The molecule has 0 spiro atoms. The van der Waals surface area contributed by atoms with Crippen molar-refractivity contribution in [2.24, 2.45) is 5.92 Å². The quantitative estimate of drug-likeness (QED) is 0.924.